The molecule has 6 heteroatoms. The van der Waals surface area contributed by atoms with Crippen LogP contribution in [0.15, 0.2) is 61.8 Å². The molecule has 3 N–H and O–H groups in total. The molecule has 0 saturated heterocycles. The van der Waals surface area contributed by atoms with Crippen molar-refractivity contribution in [1.82, 2.24) is 20.3 Å². The summed E-state index contributed by atoms with van der Waals surface area (Å²) in [7, 11) is 0. The molecule has 0 aliphatic rings. The average molecular weight is 362 g/mol. The van der Waals surface area contributed by atoms with Gasteiger partial charge in [0, 0.05) is 36.1 Å². The number of rotatable bonds is 6. The molecule has 0 aliphatic heterocycles. The minimum atomic E-state index is -0.523. The van der Waals surface area contributed by atoms with Crippen LogP contribution in [0.25, 0.3) is 27.9 Å². The summed E-state index contributed by atoms with van der Waals surface area (Å²) < 4.78 is 0. The summed E-state index contributed by atoms with van der Waals surface area (Å²) in [5, 5.41) is 23.1. The highest BCUT2D eigenvalue weighted by molar-refractivity contribution is 5.81. The van der Waals surface area contributed by atoms with Crippen LogP contribution >= 0.6 is 0 Å². The number of pyridine rings is 1. The molecule has 0 atom stereocenters. The Labute approximate surface area is 158 Å². The zero-order valence-electron chi connectivity index (χ0n) is 15.4. The predicted molar refractivity (Wildman–Crippen MR) is 107 cm³/mol. The summed E-state index contributed by atoms with van der Waals surface area (Å²) in [4.78, 5) is 12.9. The van der Waals surface area contributed by atoms with Crippen molar-refractivity contribution in [1.29, 1.82) is 0 Å². The smallest absolute Gasteiger partial charge is 0.143 e. The standard InChI is InChI=1S/C21H22N4O2/c1-13(25-12-21(3,4)14(2)26)20-19(27)10-16(11-24-20)15-5-6-17-18(9-15)23-8-7-22-17/h5-11,25-27H,1-2,12H2,3-4H3. The van der Waals surface area contributed by atoms with Crippen molar-refractivity contribution in [2.45, 2.75) is 13.8 Å². The molecular weight excluding hydrogens is 340 g/mol. The van der Waals surface area contributed by atoms with Crippen LogP contribution < -0.4 is 5.32 Å². The first-order valence-corrected chi connectivity index (χ1v) is 8.49. The van der Waals surface area contributed by atoms with Crippen LogP contribution in [0.3, 0.4) is 0 Å². The molecule has 0 saturated carbocycles. The zero-order chi connectivity index (χ0) is 19.6. The van der Waals surface area contributed by atoms with Gasteiger partial charge in [-0.2, -0.15) is 0 Å². The van der Waals surface area contributed by atoms with E-state index in [2.05, 4.69) is 33.4 Å². The third-order valence-corrected chi connectivity index (χ3v) is 4.48. The third kappa shape index (κ3) is 3.89. The Balaban J connectivity index is 1.82. The van der Waals surface area contributed by atoms with Gasteiger partial charge in [0.2, 0.25) is 0 Å². The van der Waals surface area contributed by atoms with Crippen molar-refractivity contribution in [3.63, 3.8) is 0 Å². The molecular formula is C21H22N4O2. The van der Waals surface area contributed by atoms with Crippen molar-refractivity contribution in [3.8, 4) is 16.9 Å². The van der Waals surface area contributed by atoms with E-state index in [1.807, 2.05) is 32.0 Å². The van der Waals surface area contributed by atoms with Crippen molar-refractivity contribution < 1.29 is 10.2 Å². The lowest BCUT2D eigenvalue weighted by molar-refractivity contribution is 0.259. The molecule has 2 aromatic heterocycles. The molecule has 2 heterocycles. The first kappa shape index (κ1) is 18.4. The minimum Gasteiger partial charge on any atom is -0.512 e. The maximum absolute atomic E-state index is 10.4. The maximum Gasteiger partial charge on any atom is 0.143 e. The van der Waals surface area contributed by atoms with E-state index in [-0.39, 0.29) is 11.5 Å². The Bertz CT molecular complexity index is 1030. The summed E-state index contributed by atoms with van der Waals surface area (Å²) in [6.45, 7) is 11.6. The summed E-state index contributed by atoms with van der Waals surface area (Å²) in [5.74, 6) is 0.0969. The van der Waals surface area contributed by atoms with Gasteiger partial charge in [-0.15, -0.1) is 0 Å². The van der Waals surface area contributed by atoms with Crippen molar-refractivity contribution in [2.24, 2.45) is 5.41 Å². The van der Waals surface area contributed by atoms with Gasteiger partial charge in [0.15, 0.2) is 0 Å². The Morgan fingerprint density at radius 3 is 2.41 bits per heavy atom. The Kier molecular flexibility index (Phi) is 4.81. The monoisotopic (exact) mass is 362 g/mol. The number of nitrogens with zero attached hydrogens (tertiary/aromatic N) is 3. The molecule has 0 aliphatic carbocycles. The number of fused-ring (bicyclic) bond motifs is 1. The van der Waals surface area contributed by atoms with E-state index in [1.54, 1.807) is 24.7 Å². The van der Waals surface area contributed by atoms with Gasteiger partial charge >= 0.3 is 0 Å². The molecule has 0 fully saturated rings. The van der Waals surface area contributed by atoms with Gasteiger partial charge in [0.1, 0.15) is 11.4 Å². The van der Waals surface area contributed by atoms with E-state index in [4.69, 9.17) is 0 Å². The van der Waals surface area contributed by atoms with Crippen LogP contribution in [-0.4, -0.2) is 31.7 Å². The highest BCUT2D eigenvalue weighted by Gasteiger charge is 2.22. The molecule has 0 bridgehead atoms. The normalized spacial score (nSPS) is 11.3. The van der Waals surface area contributed by atoms with Crippen molar-refractivity contribution >= 4 is 16.7 Å². The van der Waals surface area contributed by atoms with Gasteiger partial charge in [-0.25, -0.2) is 0 Å². The Morgan fingerprint density at radius 1 is 1.04 bits per heavy atom. The molecule has 6 nitrogen and oxygen atoms in total. The van der Waals surface area contributed by atoms with Crippen LogP contribution in [0.1, 0.15) is 19.5 Å². The Hall–Kier alpha value is -3.41. The molecule has 3 rings (SSSR count). The second kappa shape index (κ2) is 7.07. The van der Waals surface area contributed by atoms with Gasteiger partial charge < -0.3 is 15.5 Å². The first-order valence-electron chi connectivity index (χ1n) is 8.49. The number of aromatic hydroxyl groups is 1. The lowest BCUT2D eigenvalue weighted by Gasteiger charge is -2.24. The first-order chi connectivity index (χ1) is 12.8. The summed E-state index contributed by atoms with van der Waals surface area (Å²) in [5.41, 5.74) is 3.53. The van der Waals surface area contributed by atoms with Gasteiger partial charge in [-0.05, 0) is 23.8 Å². The van der Waals surface area contributed by atoms with E-state index < -0.39 is 5.41 Å². The van der Waals surface area contributed by atoms with E-state index in [0.717, 1.165) is 22.2 Å². The van der Waals surface area contributed by atoms with Crippen LogP contribution in [0, 0.1) is 5.41 Å². The van der Waals surface area contributed by atoms with Gasteiger partial charge in [0.25, 0.3) is 0 Å². The van der Waals surface area contributed by atoms with Gasteiger partial charge in [0.05, 0.1) is 22.5 Å². The van der Waals surface area contributed by atoms with E-state index in [1.165, 1.54) is 0 Å². The van der Waals surface area contributed by atoms with E-state index in [0.29, 0.717) is 17.9 Å². The molecule has 0 radical (unpaired) electrons. The second-order valence-corrected chi connectivity index (χ2v) is 7.01. The van der Waals surface area contributed by atoms with Gasteiger partial charge in [-0.3, -0.25) is 15.0 Å². The molecule has 138 valence electrons. The summed E-state index contributed by atoms with van der Waals surface area (Å²) in [6, 6.07) is 7.34. The number of benzene rings is 1. The molecule has 0 spiro atoms. The predicted octanol–water partition coefficient (Wildman–Crippen LogP) is 4.06. The van der Waals surface area contributed by atoms with Crippen LogP contribution in [0.5, 0.6) is 5.75 Å². The Morgan fingerprint density at radius 2 is 1.74 bits per heavy atom. The number of aliphatic hydroxyl groups is 1. The second-order valence-electron chi connectivity index (χ2n) is 7.01. The number of hydrogen-bond acceptors (Lipinski definition) is 6. The van der Waals surface area contributed by atoms with E-state index >= 15 is 0 Å². The van der Waals surface area contributed by atoms with Crippen molar-refractivity contribution in [2.75, 3.05) is 6.54 Å². The SMILES string of the molecule is C=C(NCC(C)(C)C(=C)O)c1ncc(-c2ccc3nccnc3c2)cc1O. The molecule has 27 heavy (non-hydrogen) atoms. The van der Waals surface area contributed by atoms with Crippen LogP contribution in [0.2, 0.25) is 0 Å². The fraction of sp³-hybridized carbons (Fsp3) is 0.190. The van der Waals surface area contributed by atoms with Crippen LogP contribution in [-0.2, 0) is 0 Å². The van der Waals surface area contributed by atoms with Crippen LogP contribution in [0.4, 0.5) is 0 Å². The zero-order valence-corrected chi connectivity index (χ0v) is 15.4. The highest BCUT2D eigenvalue weighted by atomic mass is 16.3. The lowest BCUT2D eigenvalue weighted by atomic mass is 9.91. The maximum atomic E-state index is 10.4. The number of aromatic nitrogens is 3. The lowest BCUT2D eigenvalue weighted by Crippen LogP contribution is -2.29. The topological polar surface area (TPSA) is 91.2 Å². The fourth-order valence-corrected chi connectivity index (χ4v) is 2.50. The largest absolute Gasteiger partial charge is 0.512 e. The average Bonchev–Trinajstić information content (AvgIpc) is 2.65. The number of nitrogens with one attached hydrogen (secondary N) is 1. The molecule has 0 unspecified atom stereocenters. The molecule has 0 amide bonds. The number of aliphatic hydroxyl groups excluding tert-OH is 1. The molecule has 3 aromatic rings. The van der Waals surface area contributed by atoms with E-state index in [9.17, 15) is 10.2 Å². The summed E-state index contributed by atoms with van der Waals surface area (Å²) >= 11 is 0. The van der Waals surface area contributed by atoms with Crippen molar-refractivity contribution in [3.05, 3.63) is 67.5 Å². The third-order valence-electron chi connectivity index (χ3n) is 4.48. The minimum absolute atomic E-state index is 0.0184. The summed E-state index contributed by atoms with van der Waals surface area (Å²) in [6.07, 6.45) is 4.97. The number of hydrogen-bond donors (Lipinski definition) is 3. The highest BCUT2D eigenvalue weighted by Crippen LogP contribution is 2.29. The fourth-order valence-electron chi connectivity index (χ4n) is 2.50. The quantitative estimate of drug-likeness (QED) is 0.573. The molecule has 1 aromatic carbocycles. The van der Waals surface area contributed by atoms with Gasteiger partial charge in [-0.1, -0.05) is 33.1 Å².